The van der Waals surface area contributed by atoms with E-state index in [9.17, 15) is 0 Å². The molecule has 4 N–H and O–H groups in total. The highest BCUT2D eigenvalue weighted by Crippen LogP contribution is 2.38. The van der Waals surface area contributed by atoms with Crippen molar-refractivity contribution in [3.8, 4) is 6.07 Å². The Morgan fingerprint density at radius 2 is 1.13 bits per heavy atom. The summed E-state index contributed by atoms with van der Waals surface area (Å²) in [5, 5.41) is 10.9. The zero-order valence-electron chi connectivity index (χ0n) is 25.5. The van der Waals surface area contributed by atoms with Crippen LogP contribution < -0.4 is 21.3 Å². The summed E-state index contributed by atoms with van der Waals surface area (Å²) in [6, 6.07) is 32.5. The molecule has 0 bridgehead atoms. The van der Waals surface area contributed by atoms with Crippen LogP contribution in [-0.4, -0.2) is 23.1 Å². The smallest absolute Gasteiger partial charge is 0.134 e. The molecule has 4 heterocycles. The minimum Gasteiger partial charge on any atom is -0.398 e. The lowest BCUT2D eigenvalue weighted by molar-refractivity contribution is 0.827. The van der Waals surface area contributed by atoms with Gasteiger partial charge in [-0.2, -0.15) is 5.26 Å². The molecule has 0 amide bonds. The number of hydrogen-bond donors (Lipinski definition) is 2. The third-order valence-corrected chi connectivity index (χ3v) is 9.66. The number of nitrogens with two attached hydrogens (primary N) is 2. The number of halogens is 3. The lowest BCUT2D eigenvalue weighted by Crippen LogP contribution is -2.20. The fourth-order valence-electron chi connectivity index (χ4n) is 6.31. The summed E-state index contributed by atoms with van der Waals surface area (Å²) < 4.78 is 2.04. The Kier molecular flexibility index (Phi) is 9.55. The number of nitrogens with zero attached hydrogens (tertiary/aromatic N) is 5. The van der Waals surface area contributed by atoms with E-state index in [2.05, 4.69) is 78.1 Å². The Balaban J connectivity index is 0.000000161. The van der Waals surface area contributed by atoms with Crippen LogP contribution in [0, 0.1) is 11.3 Å². The standard InChI is InChI=1S/C19H15BrN4.C18H16BrN3.ClH/c20-14-5-6-17-16(9-14)18(22)15-7-8-24(19(15)23-17)11-13-3-1-12(10-21)2-4-13;19-13-6-7-16-15(10-13)17(20)14-8-9-22(18(14)21-16)11-12-4-2-1-3-5-12;/h1-6,9H,7-8,11H2,(H2,22,23);1-7,10H,8-9,11H2,(H2,20,21);1H. The number of nitrogen functional groups attached to an aromatic ring is 2. The van der Waals surface area contributed by atoms with Gasteiger partial charge in [-0.25, -0.2) is 9.97 Å². The van der Waals surface area contributed by atoms with Crippen molar-refractivity contribution in [3.05, 3.63) is 128 Å². The van der Waals surface area contributed by atoms with Crippen LogP contribution in [0.15, 0.2) is 99.9 Å². The lowest BCUT2D eigenvalue weighted by Gasteiger charge is -2.19. The molecule has 2 aliphatic rings. The van der Waals surface area contributed by atoms with Crippen molar-refractivity contribution in [3.63, 3.8) is 0 Å². The van der Waals surface area contributed by atoms with E-state index in [1.165, 1.54) is 11.1 Å². The number of hydrogen-bond acceptors (Lipinski definition) is 7. The Bertz CT molecular complexity index is 2130. The summed E-state index contributed by atoms with van der Waals surface area (Å²) in [4.78, 5) is 14.3. The number of aromatic nitrogens is 2. The molecule has 0 spiro atoms. The Labute approximate surface area is 296 Å². The molecule has 0 fully saturated rings. The van der Waals surface area contributed by atoms with Gasteiger partial charge >= 0.3 is 0 Å². The molecule has 0 saturated heterocycles. The van der Waals surface area contributed by atoms with Gasteiger partial charge in [-0.15, -0.1) is 12.4 Å². The predicted octanol–water partition coefficient (Wildman–Crippen LogP) is 8.58. The fraction of sp³-hybridized carbons (Fsp3) is 0.162. The summed E-state index contributed by atoms with van der Waals surface area (Å²) >= 11 is 7.01. The van der Waals surface area contributed by atoms with Crippen LogP contribution in [0.1, 0.15) is 27.8 Å². The second-order valence-corrected chi connectivity index (χ2v) is 13.4. The number of fused-ring (bicyclic) bond motifs is 4. The van der Waals surface area contributed by atoms with E-state index < -0.39 is 0 Å². The Morgan fingerprint density at radius 3 is 1.60 bits per heavy atom. The molecular weight excluding hydrogens is 738 g/mol. The summed E-state index contributed by atoms with van der Waals surface area (Å²) in [7, 11) is 0. The van der Waals surface area contributed by atoms with Crippen molar-refractivity contribution in [2.24, 2.45) is 0 Å². The molecule has 0 saturated carbocycles. The average Bonchev–Trinajstić information content (AvgIpc) is 3.67. The van der Waals surface area contributed by atoms with Gasteiger partial charge in [-0.05, 0) is 72.5 Å². The molecule has 8 rings (SSSR count). The first kappa shape index (κ1) is 32.6. The van der Waals surface area contributed by atoms with Crippen LogP contribution in [0.25, 0.3) is 21.8 Å². The van der Waals surface area contributed by atoms with Crippen molar-refractivity contribution in [1.29, 1.82) is 5.26 Å². The molecule has 47 heavy (non-hydrogen) atoms. The van der Waals surface area contributed by atoms with E-state index in [0.29, 0.717) is 5.56 Å². The SMILES string of the molecule is Cl.N#Cc1ccc(CN2CCc3c2nc2ccc(Br)cc2c3N)cc1.Nc1c2c(nc3ccc(Br)cc13)N(Cc1ccccc1)CC2. The van der Waals surface area contributed by atoms with E-state index in [0.717, 1.165) is 104 Å². The largest absolute Gasteiger partial charge is 0.398 e. The monoisotopic (exact) mass is 767 g/mol. The second-order valence-electron chi connectivity index (χ2n) is 11.6. The van der Waals surface area contributed by atoms with Crippen LogP contribution in [0.2, 0.25) is 0 Å². The van der Waals surface area contributed by atoms with Gasteiger partial charge in [0.25, 0.3) is 0 Å². The third kappa shape index (κ3) is 6.59. The van der Waals surface area contributed by atoms with Crippen molar-refractivity contribution in [2.75, 3.05) is 34.4 Å². The van der Waals surface area contributed by atoms with Crippen LogP contribution in [-0.2, 0) is 25.9 Å². The van der Waals surface area contributed by atoms with Gasteiger partial charge in [0.1, 0.15) is 11.6 Å². The maximum atomic E-state index is 8.91. The number of anilines is 4. The van der Waals surface area contributed by atoms with Gasteiger partial charge in [0.05, 0.1) is 22.7 Å². The number of rotatable bonds is 4. The Morgan fingerprint density at radius 1 is 0.660 bits per heavy atom. The molecule has 10 heteroatoms. The molecule has 236 valence electrons. The molecule has 4 aromatic carbocycles. The molecule has 2 aliphatic heterocycles. The molecular formula is C37H32Br2ClN7. The normalized spacial score (nSPS) is 13.0. The van der Waals surface area contributed by atoms with Crippen molar-refractivity contribution < 1.29 is 0 Å². The average molecular weight is 770 g/mol. The maximum Gasteiger partial charge on any atom is 0.134 e. The third-order valence-electron chi connectivity index (χ3n) is 8.68. The second kappa shape index (κ2) is 13.8. The lowest BCUT2D eigenvalue weighted by atomic mass is 10.1. The van der Waals surface area contributed by atoms with E-state index in [1.54, 1.807) is 0 Å². The predicted molar refractivity (Wildman–Crippen MR) is 202 cm³/mol. The maximum absolute atomic E-state index is 8.91. The van der Waals surface area contributed by atoms with E-state index in [-0.39, 0.29) is 12.4 Å². The van der Waals surface area contributed by atoms with Gasteiger partial charge < -0.3 is 21.3 Å². The minimum atomic E-state index is 0. The zero-order chi connectivity index (χ0) is 31.8. The molecule has 0 unspecified atom stereocenters. The summed E-state index contributed by atoms with van der Waals surface area (Å²) in [5.41, 5.74) is 21.9. The molecule has 2 aromatic heterocycles. The molecule has 0 radical (unpaired) electrons. The highest BCUT2D eigenvalue weighted by atomic mass is 79.9. The van der Waals surface area contributed by atoms with E-state index >= 15 is 0 Å². The van der Waals surface area contributed by atoms with Crippen molar-refractivity contribution in [1.82, 2.24) is 9.97 Å². The summed E-state index contributed by atoms with van der Waals surface area (Å²) in [5.74, 6) is 2.02. The summed E-state index contributed by atoms with van der Waals surface area (Å²) in [6.07, 6.45) is 1.87. The molecule has 6 aromatic rings. The first-order valence-electron chi connectivity index (χ1n) is 15.2. The van der Waals surface area contributed by atoms with Gasteiger partial charge in [-0.3, -0.25) is 0 Å². The first-order chi connectivity index (χ1) is 22.4. The van der Waals surface area contributed by atoms with E-state index in [1.807, 2.05) is 60.7 Å². The molecule has 7 nitrogen and oxygen atoms in total. The number of pyridine rings is 2. The van der Waals surface area contributed by atoms with Crippen molar-refractivity contribution >= 4 is 89.1 Å². The van der Waals surface area contributed by atoms with Crippen molar-refractivity contribution in [2.45, 2.75) is 25.9 Å². The van der Waals surface area contributed by atoms with Gasteiger partial charge in [0.15, 0.2) is 0 Å². The summed E-state index contributed by atoms with van der Waals surface area (Å²) in [6.45, 7) is 3.53. The van der Waals surface area contributed by atoms with Crippen LogP contribution in [0.5, 0.6) is 0 Å². The zero-order valence-corrected chi connectivity index (χ0v) is 29.4. The first-order valence-corrected chi connectivity index (χ1v) is 16.7. The number of nitriles is 1. The quantitative estimate of drug-likeness (QED) is 0.185. The van der Waals surface area contributed by atoms with Gasteiger partial charge in [-0.1, -0.05) is 74.3 Å². The molecule has 0 aliphatic carbocycles. The molecule has 0 atom stereocenters. The minimum absolute atomic E-state index is 0. The highest BCUT2D eigenvalue weighted by Gasteiger charge is 2.26. The fourth-order valence-corrected chi connectivity index (χ4v) is 7.03. The topological polar surface area (TPSA) is 108 Å². The van der Waals surface area contributed by atoms with Crippen LogP contribution in [0.4, 0.5) is 23.0 Å². The van der Waals surface area contributed by atoms with E-state index in [4.69, 9.17) is 26.7 Å². The number of benzene rings is 4. The van der Waals surface area contributed by atoms with Crippen LogP contribution >= 0.6 is 44.3 Å². The van der Waals surface area contributed by atoms with Gasteiger partial charge in [0.2, 0.25) is 0 Å². The Hall–Kier alpha value is -4.36. The van der Waals surface area contributed by atoms with Gasteiger partial charge in [0, 0.05) is 68.4 Å². The highest BCUT2D eigenvalue weighted by molar-refractivity contribution is 9.10. The van der Waals surface area contributed by atoms with Crippen LogP contribution in [0.3, 0.4) is 0 Å².